The number of aromatic nitrogens is 1. The lowest BCUT2D eigenvalue weighted by atomic mass is 10.1. The second kappa shape index (κ2) is 8.05. The third kappa shape index (κ3) is 4.23. The number of fused-ring (bicyclic) bond motifs is 1. The zero-order chi connectivity index (χ0) is 18.5. The summed E-state index contributed by atoms with van der Waals surface area (Å²) in [7, 11) is 0. The molecule has 134 valence electrons. The molecule has 1 aromatic heterocycles. The lowest BCUT2D eigenvalue weighted by Crippen LogP contribution is -2.42. The molecule has 1 unspecified atom stereocenters. The van der Waals surface area contributed by atoms with Gasteiger partial charge in [-0.25, -0.2) is 9.59 Å². The van der Waals surface area contributed by atoms with Crippen molar-refractivity contribution >= 4 is 38.9 Å². The average molecular weight is 417 g/mol. The number of carboxylic acids is 1. The van der Waals surface area contributed by atoms with Crippen LogP contribution in [0.15, 0.2) is 59.2 Å². The van der Waals surface area contributed by atoms with Crippen molar-refractivity contribution in [3.63, 3.8) is 0 Å². The highest BCUT2D eigenvalue weighted by molar-refractivity contribution is 9.10. The van der Waals surface area contributed by atoms with Gasteiger partial charge in [0.05, 0.1) is 0 Å². The van der Waals surface area contributed by atoms with E-state index in [2.05, 4.69) is 26.2 Å². The maximum atomic E-state index is 12.0. The maximum absolute atomic E-state index is 12.0. The predicted molar refractivity (Wildman–Crippen MR) is 101 cm³/mol. The van der Waals surface area contributed by atoms with E-state index in [0.717, 1.165) is 26.5 Å². The Morgan fingerprint density at radius 2 is 1.92 bits per heavy atom. The second-order valence-corrected chi connectivity index (χ2v) is 6.63. The molecular weight excluding hydrogens is 400 g/mol. The number of amides is 1. The van der Waals surface area contributed by atoms with Crippen LogP contribution in [0, 0.1) is 0 Å². The number of halogens is 1. The fraction of sp³-hybridized carbons (Fsp3) is 0.158. The molecule has 0 aliphatic carbocycles. The van der Waals surface area contributed by atoms with Crippen LogP contribution in [0.5, 0.6) is 0 Å². The maximum Gasteiger partial charge on any atom is 0.408 e. The number of carboxylic acid groups (broad SMARTS) is 1. The summed E-state index contributed by atoms with van der Waals surface area (Å²) >= 11 is 3.48. The second-order valence-electron chi connectivity index (χ2n) is 5.78. The minimum atomic E-state index is -1.12. The van der Waals surface area contributed by atoms with Gasteiger partial charge in [0.2, 0.25) is 0 Å². The van der Waals surface area contributed by atoms with E-state index in [-0.39, 0.29) is 13.0 Å². The van der Waals surface area contributed by atoms with E-state index in [0.29, 0.717) is 0 Å². The zero-order valence-corrected chi connectivity index (χ0v) is 15.3. The lowest BCUT2D eigenvalue weighted by Gasteiger charge is -2.14. The standard InChI is InChI=1S/C19H17BrN2O4/c20-14-7-4-8-15-17(14)13(10-21-15)9-16(18(23)24)22-19(25)26-11-12-5-2-1-3-6-12/h1-8,10,16,21H,9,11H2,(H,22,25)(H,23,24). The number of aliphatic carboxylic acids is 1. The Bertz CT molecular complexity index is 924. The number of hydrogen-bond donors (Lipinski definition) is 3. The number of carbonyl (C=O) groups excluding carboxylic acids is 1. The molecule has 0 radical (unpaired) electrons. The SMILES string of the molecule is O=C(NC(Cc1c[nH]c2cccc(Br)c12)C(=O)O)OCc1ccccc1. The number of benzene rings is 2. The van der Waals surface area contributed by atoms with Gasteiger partial charge in [0.25, 0.3) is 0 Å². The number of alkyl carbamates (subject to hydrolysis) is 1. The van der Waals surface area contributed by atoms with E-state index in [1.807, 2.05) is 48.5 Å². The van der Waals surface area contributed by atoms with Crippen molar-refractivity contribution in [2.75, 3.05) is 0 Å². The van der Waals surface area contributed by atoms with Gasteiger partial charge in [-0.05, 0) is 23.3 Å². The first-order valence-electron chi connectivity index (χ1n) is 7.99. The Morgan fingerprint density at radius 3 is 2.65 bits per heavy atom. The Kier molecular flexibility index (Phi) is 5.58. The van der Waals surface area contributed by atoms with Crippen molar-refractivity contribution in [3.8, 4) is 0 Å². The molecule has 1 amide bonds. The minimum absolute atomic E-state index is 0.0810. The molecule has 3 aromatic rings. The van der Waals surface area contributed by atoms with Gasteiger partial charge in [-0.15, -0.1) is 0 Å². The molecule has 0 bridgehead atoms. The van der Waals surface area contributed by atoms with Gasteiger partial charge in [-0.3, -0.25) is 0 Å². The van der Waals surface area contributed by atoms with E-state index < -0.39 is 18.1 Å². The summed E-state index contributed by atoms with van der Waals surface area (Å²) in [6.45, 7) is 0.0810. The van der Waals surface area contributed by atoms with Crippen LogP contribution in [0.2, 0.25) is 0 Å². The molecule has 7 heteroatoms. The number of ether oxygens (including phenoxy) is 1. The van der Waals surface area contributed by atoms with Gasteiger partial charge >= 0.3 is 12.1 Å². The summed E-state index contributed by atoms with van der Waals surface area (Å²) in [5.74, 6) is -1.12. The van der Waals surface area contributed by atoms with Crippen LogP contribution in [0.3, 0.4) is 0 Å². The molecule has 3 N–H and O–H groups in total. The quantitative estimate of drug-likeness (QED) is 0.568. The number of nitrogens with one attached hydrogen (secondary N) is 2. The van der Waals surface area contributed by atoms with Gasteiger partial charge in [0.15, 0.2) is 0 Å². The number of carbonyl (C=O) groups is 2. The molecule has 0 aliphatic heterocycles. The zero-order valence-electron chi connectivity index (χ0n) is 13.7. The molecule has 2 aromatic carbocycles. The normalized spacial score (nSPS) is 11.9. The first-order chi connectivity index (χ1) is 12.5. The predicted octanol–water partition coefficient (Wildman–Crippen LogP) is 3.85. The first-order valence-corrected chi connectivity index (χ1v) is 8.78. The number of aromatic amines is 1. The van der Waals surface area contributed by atoms with Crippen molar-refractivity contribution in [1.29, 1.82) is 0 Å². The Morgan fingerprint density at radius 1 is 1.15 bits per heavy atom. The van der Waals surface area contributed by atoms with Gasteiger partial charge < -0.3 is 20.1 Å². The van der Waals surface area contributed by atoms with Gasteiger partial charge in [0, 0.05) is 28.0 Å². The van der Waals surface area contributed by atoms with Crippen LogP contribution >= 0.6 is 15.9 Å². The molecule has 0 saturated carbocycles. The van der Waals surface area contributed by atoms with Crippen molar-refractivity contribution in [2.24, 2.45) is 0 Å². The van der Waals surface area contributed by atoms with Crippen LogP contribution in [0.4, 0.5) is 4.79 Å². The van der Waals surface area contributed by atoms with Crippen molar-refractivity contribution in [3.05, 3.63) is 70.3 Å². The Balaban J connectivity index is 1.67. The smallest absolute Gasteiger partial charge is 0.408 e. The van der Waals surface area contributed by atoms with Gasteiger partial charge in [-0.2, -0.15) is 0 Å². The fourth-order valence-corrected chi connectivity index (χ4v) is 3.32. The molecule has 0 saturated heterocycles. The summed E-state index contributed by atoms with van der Waals surface area (Å²) in [5, 5.41) is 12.8. The topological polar surface area (TPSA) is 91.4 Å². The fourth-order valence-electron chi connectivity index (χ4n) is 2.70. The average Bonchev–Trinajstić information content (AvgIpc) is 3.04. The van der Waals surface area contributed by atoms with E-state index in [9.17, 15) is 14.7 Å². The minimum Gasteiger partial charge on any atom is -0.480 e. The molecule has 0 spiro atoms. The first kappa shape index (κ1) is 18.0. The number of rotatable bonds is 6. The van der Waals surface area contributed by atoms with Crippen molar-refractivity contribution in [2.45, 2.75) is 19.1 Å². The van der Waals surface area contributed by atoms with Crippen molar-refractivity contribution < 1.29 is 19.4 Å². The van der Waals surface area contributed by atoms with Crippen LogP contribution in [-0.2, 0) is 22.6 Å². The molecular formula is C19H17BrN2O4. The summed E-state index contributed by atoms with van der Waals surface area (Å²) in [4.78, 5) is 26.6. The molecule has 26 heavy (non-hydrogen) atoms. The summed E-state index contributed by atoms with van der Waals surface area (Å²) in [5.41, 5.74) is 2.52. The largest absolute Gasteiger partial charge is 0.480 e. The molecule has 0 aliphatic rings. The van der Waals surface area contributed by atoms with E-state index >= 15 is 0 Å². The van der Waals surface area contributed by atoms with Crippen LogP contribution in [-0.4, -0.2) is 28.2 Å². The van der Waals surface area contributed by atoms with Crippen LogP contribution < -0.4 is 5.32 Å². The summed E-state index contributed by atoms with van der Waals surface area (Å²) in [6.07, 6.45) is 1.13. The third-order valence-electron chi connectivity index (χ3n) is 3.96. The Hall–Kier alpha value is -2.80. The monoisotopic (exact) mass is 416 g/mol. The van der Waals surface area contributed by atoms with E-state index in [1.54, 1.807) is 6.20 Å². The lowest BCUT2D eigenvalue weighted by molar-refractivity contribution is -0.139. The highest BCUT2D eigenvalue weighted by Crippen LogP contribution is 2.27. The summed E-state index contributed by atoms with van der Waals surface area (Å²) in [6, 6.07) is 13.8. The number of hydrogen-bond acceptors (Lipinski definition) is 3. The molecule has 3 rings (SSSR count). The van der Waals surface area contributed by atoms with E-state index in [4.69, 9.17) is 4.74 Å². The van der Waals surface area contributed by atoms with Crippen molar-refractivity contribution in [1.82, 2.24) is 10.3 Å². The third-order valence-corrected chi connectivity index (χ3v) is 4.62. The molecule has 6 nitrogen and oxygen atoms in total. The van der Waals surface area contributed by atoms with Gasteiger partial charge in [0.1, 0.15) is 12.6 Å². The van der Waals surface area contributed by atoms with E-state index in [1.165, 1.54) is 0 Å². The summed E-state index contributed by atoms with van der Waals surface area (Å²) < 4.78 is 5.97. The number of H-pyrrole nitrogens is 1. The molecule has 1 heterocycles. The van der Waals surface area contributed by atoms with Crippen LogP contribution in [0.25, 0.3) is 10.9 Å². The highest BCUT2D eigenvalue weighted by Gasteiger charge is 2.23. The van der Waals surface area contributed by atoms with Crippen LogP contribution in [0.1, 0.15) is 11.1 Å². The highest BCUT2D eigenvalue weighted by atomic mass is 79.9. The van der Waals surface area contributed by atoms with Gasteiger partial charge in [-0.1, -0.05) is 52.3 Å². The molecule has 0 fully saturated rings. The molecule has 1 atom stereocenters. The Labute approximate surface area is 158 Å².